The van der Waals surface area contributed by atoms with Gasteiger partial charge in [0.15, 0.2) is 0 Å². The van der Waals surface area contributed by atoms with E-state index in [1.165, 1.54) is 21.7 Å². The molecule has 8 heteroatoms. The van der Waals surface area contributed by atoms with Gasteiger partial charge >= 0.3 is 6.18 Å². The molecule has 1 N–H and O–H groups in total. The highest BCUT2D eigenvalue weighted by Gasteiger charge is 2.31. The lowest BCUT2D eigenvalue weighted by molar-refractivity contribution is -0.137. The molecule has 0 spiro atoms. The molecular weight excluding hydrogens is 323 g/mol. The molecule has 0 aliphatic carbocycles. The first-order chi connectivity index (χ1) is 11.3. The number of hydrogen-bond donors (Lipinski definition) is 1. The largest absolute Gasteiger partial charge is 0.416 e. The smallest absolute Gasteiger partial charge is 0.340 e. The monoisotopic (exact) mass is 339 g/mol. The minimum atomic E-state index is -4.44. The van der Waals surface area contributed by atoms with Crippen LogP contribution in [-0.4, -0.2) is 27.9 Å². The fourth-order valence-electron chi connectivity index (χ4n) is 2.85. The van der Waals surface area contributed by atoms with E-state index in [1.807, 2.05) is 0 Å². The van der Waals surface area contributed by atoms with Crippen LogP contribution in [-0.2, 0) is 18.0 Å². The molecule has 128 valence electrons. The molecule has 1 aromatic carbocycles. The molecule has 1 fully saturated rings. The Kier molecular flexibility index (Phi) is 3.98. The summed E-state index contributed by atoms with van der Waals surface area (Å²) in [6.07, 6.45) is -2.47. The summed E-state index contributed by atoms with van der Waals surface area (Å²) in [7, 11) is 1.60. The standard InChI is InChI=1S/C16H16F3N3O2/c1-21-12-6-5-11(16(17,18)19)8-10(12)9-13(21)15(24)20-22-7-3-2-4-14(22)23/h5-6,8-9H,2-4,7H2,1H3,(H,20,24). The molecule has 0 unspecified atom stereocenters. The van der Waals surface area contributed by atoms with Gasteiger partial charge in [0.2, 0.25) is 5.91 Å². The molecule has 2 aromatic rings. The maximum Gasteiger partial charge on any atom is 0.416 e. The van der Waals surface area contributed by atoms with Crippen LogP contribution in [0.15, 0.2) is 24.3 Å². The summed E-state index contributed by atoms with van der Waals surface area (Å²) in [5.41, 5.74) is 2.48. The molecule has 0 bridgehead atoms. The minimum absolute atomic E-state index is 0.160. The zero-order valence-corrected chi connectivity index (χ0v) is 13.0. The average Bonchev–Trinajstić information content (AvgIpc) is 2.85. The Bertz CT molecular complexity index is 811. The molecule has 1 aliphatic heterocycles. The van der Waals surface area contributed by atoms with Gasteiger partial charge < -0.3 is 4.57 Å². The summed E-state index contributed by atoms with van der Waals surface area (Å²) in [6, 6.07) is 4.73. The first-order valence-corrected chi connectivity index (χ1v) is 7.55. The van der Waals surface area contributed by atoms with Gasteiger partial charge in [-0.15, -0.1) is 0 Å². The Morgan fingerprint density at radius 1 is 1.21 bits per heavy atom. The van der Waals surface area contributed by atoms with E-state index in [2.05, 4.69) is 5.43 Å². The lowest BCUT2D eigenvalue weighted by Gasteiger charge is -2.26. The van der Waals surface area contributed by atoms with Gasteiger partial charge in [-0.05, 0) is 37.1 Å². The van der Waals surface area contributed by atoms with Crippen molar-refractivity contribution < 1.29 is 22.8 Å². The van der Waals surface area contributed by atoms with Crippen LogP contribution in [0.3, 0.4) is 0 Å². The maximum atomic E-state index is 12.8. The third-order valence-electron chi connectivity index (χ3n) is 4.16. The van der Waals surface area contributed by atoms with Crippen molar-refractivity contribution in [2.24, 2.45) is 7.05 Å². The third kappa shape index (κ3) is 2.95. The van der Waals surface area contributed by atoms with Gasteiger partial charge in [-0.2, -0.15) is 13.2 Å². The van der Waals surface area contributed by atoms with Crippen molar-refractivity contribution in [3.63, 3.8) is 0 Å². The summed E-state index contributed by atoms with van der Waals surface area (Å²) >= 11 is 0. The molecular formula is C16H16F3N3O2. The van der Waals surface area contributed by atoms with Crippen molar-refractivity contribution >= 4 is 22.7 Å². The molecule has 1 saturated heterocycles. The number of carbonyl (C=O) groups is 2. The van der Waals surface area contributed by atoms with Crippen molar-refractivity contribution in [1.29, 1.82) is 0 Å². The number of nitrogens with zero attached hydrogens (tertiary/aromatic N) is 2. The average molecular weight is 339 g/mol. The van der Waals surface area contributed by atoms with E-state index in [-0.39, 0.29) is 11.6 Å². The third-order valence-corrected chi connectivity index (χ3v) is 4.16. The number of aryl methyl sites for hydroxylation is 1. The second kappa shape index (κ2) is 5.85. The van der Waals surface area contributed by atoms with E-state index in [1.54, 1.807) is 7.05 Å². The lowest BCUT2D eigenvalue weighted by Crippen LogP contribution is -2.48. The fourth-order valence-corrected chi connectivity index (χ4v) is 2.85. The Labute approximate surface area is 136 Å². The van der Waals surface area contributed by atoms with Gasteiger partial charge in [-0.1, -0.05) is 0 Å². The molecule has 5 nitrogen and oxygen atoms in total. The summed E-state index contributed by atoms with van der Waals surface area (Å²) in [5, 5.41) is 1.59. The van der Waals surface area contributed by atoms with Crippen LogP contribution in [0.5, 0.6) is 0 Å². The highest BCUT2D eigenvalue weighted by molar-refractivity contribution is 5.99. The number of piperidine rings is 1. The summed E-state index contributed by atoms with van der Waals surface area (Å²) in [4.78, 5) is 24.1. The van der Waals surface area contributed by atoms with Gasteiger partial charge in [-0.3, -0.25) is 20.0 Å². The number of alkyl halides is 3. The molecule has 0 atom stereocenters. The predicted molar refractivity (Wildman–Crippen MR) is 81.0 cm³/mol. The van der Waals surface area contributed by atoms with E-state index in [4.69, 9.17) is 0 Å². The van der Waals surface area contributed by atoms with Gasteiger partial charge in [0.05, 0.1) is 5.56 Å². The van der Waals surface area contributed by atoms with E-state index in [0.717, 1.165) is 25.0 Å². The molecule has 0 saturated carbocycles. The minimum Gasteiger partial charge on any atom is -0.340 e. The Hall–Kier alpha value is -2.51. The first-order valence-electron chi connectivity index (χ1n) is 7.55. The van der Waals surface area contributed by atoms with Crippen LogP contribution >= 0.6 is 0 Å². The molecule has 0 radical (unpaired) electrons. The van der Waals surface area contributed by atoms with Crippen LogP contribution in [0.4, 0.5) is 13.2 Å². The Morgan fingerprint density at radius 3 is 2.62 bits per heavy atom. The van der Waals surface area contributed by atoms with E-state index in [0.29, 0.717) is 23.9 Å². The second-order valence-electron chi connectivity index (χ2n) is 5.80. The molecule has 24 heavy (non-hydrogen) atoms. The number of fused-ring (bicyclic) bond motifs is 1. The van der Waals surface area contributed by atoms with Gasteiger partial charge in [0, 0.05) is 30.9 Å². The summed E-state index contributed by atoms with van der Waals surface area (Å²) in [5.74, 6) is -0.676. The summed E-state index contributed by atoms with van der Waals surface area (Å²) < 4.78 is 39.9. The van der Waals surface area contributed by atoms with Crippen LogP contribution in [0, 0.1) is 0 Å². The zero-order valence-electron chi connectivity index (χ0n) is 13.0. The number of hydrazine groups is 1. The van der Waals surface area contributed by atoms with E-state index in [9.17, 15) is 22.8 Å². The van der Waals surface area contributed by atoms with Gasteiger partial charge in [0.1, 0.15) is 5.69 Å². The number of hydrogen-bond acceptors (Lipinski definition) is 2. The molecule has 1 aromatic heterocycles. The highest BCUT2D eigenvalue weighted by atomic mass is 19.4. The molecule has 2 amide bonds. The highest BCUT2D eigenvalue weighted by Crippen LogP contribution is 2.32. The number of amides is 2. The molecule has 2 heterocycles. The van der Waals surface area contributed by atoms with Crippen molar-refractivity contribution in [1.82, 2.24) is 15.0 Å². The van der Waals surface area contributed by atoms with E-state index >= 15 is 0 Å². The number of halogens is 3. The van der Waals surface area contributed by atoms with Crippen LogP contribution in [0.1, 0.15) is 35.3 Å². The first kappa shape index (κ1) is 16.4. The number of carbonyl (C=O) groups excluding carboxylic acids is 2. The number of nitrogens with one attached hydrogen (secondary N) is 1. The quantitative estimate of drug-likeness (QED) is 0.915. The Balaban J connectivity index is 1.90. The van der Waals surface area contributed by atoms with Gasteiger partial charge in [-0.25, -0.2) is 0 Å². The van der Waals surface area contributed by atoms with Crippen LogP contribution in [0.2, 0.25) is 0 Å². The summed E-state index contributed by atoms with van der Waals surface area (Å²) in [6.45, 7) is 0.437. The van der Waals surface area contributed by atoms with Crippen LogP contribution in [0.25, 0.3) is 10.9 Å². The van der Waals surface area contributed by atoms with Crippen molar-refractivity contribution in [3.8, 4) is 0 Å². The number of rotatable bonds is 2. The SMILES string of the molecule is Cn1c(C(=O)NN2CCCCC2=O)cc2cc(C(F)(F)F)ccc21. The normalized spacial score (nSPS) is 15.8. The predicted octanol–water partition coefficient (Wildman–Crippen LogP) is 2.85. The molecule has 3 rings (SSSR count). The lowest BCUT2D eigenvalue weighted by atomic mass is 10.1. The van der Waals surface area contributed by atoms with Crippen molar-refractivity contribution in [2.45, 2.75) is 25.4 Å². The Morgan fingerprint density at radius 2 is 1.96 bits per heavy atom. The van der Waals surface area contributed by atoms with E-state index < -0.39 is 17.6 Å². The fraction of sp³-hybridized carbons (Fsp3) is 0.375. The maximum absolute atomic E-state index is 12.8. The number of benzene rings is 1. The number of aromatic nitrogens is 1. The van der Waals surface area contributed by atoms with Crippen LogP contribution < -0.4 is 5.43 Å². The van der Waals surface area contributed by atoms with Gasteiger partial charge in [0.25, 0.3) is 5.91 Å². The van der Waals surface area contributed by atoms with Crippen molar-refractivity contribution in [2.75, 3.05) is 6.54 Å². The second-order valence-corrected chi connectivity index (χ2v) is 5.80. The topological polar surface area (TPSA) is 54.3 Å². The van der Waals surface area contributed by atoms with Crippen molar-refractivity contribution in [3.05, 3.63) is 35.5 Å². The molecule has 1 aliphatic rings. The zero-order chi connectivity index (χ0) is 17.5.